The fourth-order valence-corrected chi connectivity index (χ4v) is 2.16. The molecule has 1 amide bonds. The number of amides is 1. The third-order valence-corrected chi connectivity index (χ3v) is 3.61. The summed E-state index contributed by atoms with van der Waals surface area (Å²) < 4.78 is 21.4. The van der Waals surface area contributed by atoms with Gasteiger partial charge in [-0.3, -0.25) is 4.79 Å². The van der Waals surface area contributed by atoms with Gasteiger partial charge in [0.15, 0.2) is 6.29 Å². The third-order valence-electron chi connectivity index (χ3n) is 3.61. The van der Waals surface area contributed by atoms with Crippen LogP contribution in [0.15, 0.2) is 30.3 Å². The molecule has 24 heavy (non-hydrogen) atoms. The van der Waals surface area contributed by atoms with Crippen LogP contribution in [0.3, 0.4) is 0 Å². The van der Waals surface area contributed by atoms with Gasteiger partial charge in [-0.05, 0) is 6.42 Å². The second kappa shape index (κ2) is 9.24. The molecule has 1 unspecified atom stereocenters. The van der Waals surface area contributed by atoms with E-state index in [4.69, 9.17) is 18.9 Å². The van der Waals surface area contributed by atoms with Crippen LogP contribution in [0.4, 0.5) is 4.79 Å². The van der Waals surface area contributed by atoms with Crippen molar-refractivity contribution >= 4 is 12.1 Å². The minimum atomic E-state index is -0.517. The van der Waals surface area contributed by atoms with Gasteiger partial charge in [0.25, 0.3) is 0 Å². The molecule has 1 aromatic rings. The first-order chi connectivity index (χ1) is 11.6. The Hall–Kier alpha value is -2.12. The topological polar surface area (TPSA) is 83.1 Å². The number of benzene rings is 1. The molecule has 0 saturated carbocycles. The average Bonchev–Trinajstić information content (AvgIpc) is 2.62. The van der Waals surface area contributed by atoms with Crippen LogP contribution in [-0.2, 0) is 23.7 Å². The van der Waals surface area contributed by atoms with E-state index in [-0.39, 0.29) is 31.7 Å². The fourth-order valence-electron chi connectivity index (χ4n) is 2.16. The lowest BCUT2D eigenvalue weighted by Gasteiger charge is -2.30. The van der Waals surface area contributed by atoms with Gasteiger partial charge in [-0.1, -0.05) is 37.3 Å². The lowest BCUT2D eigenvalue weighted by molar-refractivity contribution is -0.231. The van der Waals surface area contributed by atoms with Crippen LogP contribution in [0, 0.1) is 5.92 Å². The molecule has 1 saturated heterocycles. The molecule has 0 radical (unpaired) electrons. The molecule has 0 aliphatic carbocycles. The molecular formula is C17H23NO6. The second-order valence-corrected chi connectivity index (χ2v) is 5.54. The van der Waals surface area contributed by atoms with Gasteiger partial charge in [-0.25, -0.2) is 4.79 Å². The number of carbonyl (C=O) groups is 2. The molecular weight excluding hydrogens is 314 g/mol. The fraction of sp³-hybridized carbons (Fsp3) is 0.529. The Morgan fingerprint density at radius 2 is 1.92 bits per heavy atom. The normalized spacial score (nSPS) is 21.6. The summed E-state index contributed by atoms with van der Waals surface area (Å²) >= 11 is 0. The molecule has 1 aliphatic rings. The summed E-state index contributed by atoms with van der Waals surface area (Å²) in [4.78, 5) is 23.0. The molecule has 1 aromatic carbocycles. The van der Waals surface area contributed by atoms with Crippen molar-refractivity contribution in [3.05, 3.63) is 35.9 Å². The first-order valence-electron chi connectivity index (χ1n) is 7.93. The molecule has 0 spiro atoms. The van der Waals surface area contributed by atoms with E-state index in [0.717, 1.165) is 5.56 Å². The van der Waals surface area contributed by atoms with Crippen molar-refractivity contribution in [2.45, 2.75) is 25.7 Å². The molecule has 1 fully saturated rings. The van der Waals surface area contributed by atoms with Crippen LogP contribution in [0.2, 0.25) is 0 Å². The number of alkyl carbamates (subject to hydrolysis) is 1. The van der Waals surface area contributed by atoms with Gasteiger partial charge in [0.05, 0.1) is 25.7 Å². The van der Waals surface area contributed by atoms with Crippen molar-refractivity contribution in [1.29, 1.82) is 0 Å². The maximum Gasteiger partial charge on any atom is 0.406 e. The number of ether oxygens (including phenoxy) is 4. The van der Waals surface area contributed by atoms with E-state index in [2.05, 4.69) is 5.32 Å². The Labute approximate surface area is 141 Å². The summed E-state index contributed by atoms with van der Waals surface area (Å²) in [7, 11) is 1.48. The molecule has 1 heterocycles. The third kappa shape index (κ3) is 5.50. The average molecular weight is 337 g/mol. The van der Waals surface area contributed by atoms with Crippen LogP contribution in [-0.4, -0.2) is 45.0 Å². The standard InChI is InChI=1S/C17H23NO6/c1-12(8-9-21-17(20)18-2)15(19)24-14-10-22-16(23-11-14)13-6-4-3-5-7-13/h3-7,12,14,16H,8-11H2,1-2H3,(H,18,20). The van der Waals surface area contributed by atoms with Crippen LogP contribution < -0.4 is 5.32 Å². The zero-order chi connectivity index (χ0) is 17.4. The van der Waals surface area contributed by atoms with Gasteiger partial charge in [0.2, 0.25) is 0 Å². The van der Waals surface area contributed by atoms with Gasteiger partial charge < -0.3 is 24.3 Å². The number of hydrogen-bond acceptors (Lipinski definition) is 6. The van der Waals surface area contributed by atoms with E-state index < -0.39 is 18.5 Å². The predicted octanol–water partition coefficient (Wildman–Crippen LogP) is 2.03. The maximum absolute atomic E-state index is 12.0. The highest BCUT2D eigenvalue weighted by atomic mass is 16.7. The number of hydrogen-bond donors (Lipinski definition) is 1. The van der Waals surface area contributed by atoms with E-state index >= 15 is 0 Å². The van der Waals surface area contributed by atoms with Gasteiger partial charge >= 0.3 is 12.1 Å². The summed E-state index contributed by atoms with van der Waals surface area (Å²) in [6.45, 7) is 2.45. The molecule has 0 aromatic heterocycles. The largest absolute Gasteiger partial charge is 0.457 e. The molecule has 132 valence electrons. The highest BCUT2D eigenvalue weighted by Gasteiger charge is 2.27. The van der Waals surface area contributed by atoms with E-state index in [9.17, 15) is 9.59 Å². The van der Waals surface area contributed by atoms with Gasteiger partial charge in [0, 0.05) is 12.6 Å². The van der Waals surface area contributed by atoms with Crippen LogP contribution >= 0.6 is 0 Å². The second-order valence-electron chi connectivity index (χ2n) is 5.54. The van der Waals surface area contributed by atoms with Crippen LogP contribution in [0.25, 0.3) is 0 Å². The smallest absolute Gasteiger partial charge is 0.406 e. The zero-order valence-corrected chi connectivity index (χ0v) is 13.9. The van der Waals surface area contributed by atoms with Crippen molar-refractivity contribution in [1.82, 2.24) is 5.32 Å². The zero-order valence-electron chi connectivity index (χ0n) is 13.9. The molecule has 2 rings (SSSR count). The van der Waals surface area contributed by atoms with Gasteiger partial charge in [0.1, 0.15) is 6.10 Å². The monoisotopic (exact) mass is 337 g/mol. The van der Waals surface area contributed by atoms with Crippen molar-refractivity contribution < 1.29 is 28.5 Å². The molecule has 7 heteroatoms. The maximum atomic E-state index is 12.0. The first kappa shape index (κ1) is 18.2. The van der Waals surface area contributed by atoms with Gasteiger partial charge in [-0.15, -0.1) is 0 Å². The molecule has 7 nitrogen and oxygen atoms in total. The minimum absolute atomic E-state index is 0.156. The first-order valence-corrected chi connectivity index (χ1v) is 7.93. The van der Waals surface area contributed by atoms with E-state index in [0.29, 0.717) is 6.42 Å². The van der Waals surface area contributed by atoms with E-state index in [1.807, 2.05) is 30.3 Å². The summed E-state index contributed by atoms with van der Waals surface area (Å²) in [5.41, 5.74) is 0.932. The summed E-state index contributed by atoms with van der Waals surface area (Å²) in [5, 5.41) is 2.34. The van der Waals surface area contributed by atoms with Crippen LogP contribution in [0.5, 0.6) is 0 Å². The Balaban J connectivity index is 1.69. The SMILES string of the molecule is CNC(=O)OCCC(C)C(=O)OC1COC(c2ccccc2)OC1. The van der Waals surface area contributed by atoms with Gasteiger partial charge in [-0.2, -0.15) is 0 Å². The van der Waals surface area contributed by atoms with Crippen molar-refractivity contribution in [2.24, 2.45) is 5.92 Å². The van der Waals surface area contributed by atoms with E-state index in [1.165, 1.54) is 7.05 Å². The summed E-state index contributed by atoms with van der Waals surface area (Å²) in [6, 6.07) is 9.59. The van der Waals surface area contributed by atoms with Crippen molar-refractivity contribution in [3.63, 3.8) is 0 Å². The number of carbonyl (C=O) groups excluding carboxylic acids is 2. The van der Waals surface area contributed by atoms with Crippen molar-refractivity contribution in [3.8, 4) is 0 Å². The van der Waals surface area contributed by atoms with Crippen molar-refractivity contribution in [2.75, 3.05) is 26.9 Å². The van der Waals surface area contributed by atoms with E-state index in [1.54, 1.807) is 6.92 Å². The predicted molar refractivity (Wildman–Crippen MR) is 85.2 cm³/mol. The van der Waals surface area contributed by atoms with Crippen LogP contribution in [0.1, 0.15) is 25.2 Å². The highest BCUT2D eigenvalue weighted by molar-refractivity contribution is 5.72. The number of esters is 1. The lowest BCUT2D eigenvalue weighted by Crippen LogP contribution is -2.36. The summed E-state index contributed by atoms with van der Waals surface area (Å²) in [5.74, 6) is -0.729. The Bertz CT molecular complexity index is 527. The minimum Gasteiger partial charge on any atom is -0.457 e. The highest BCUT2D eigenvalue weighted by Crippen LogP contribution is 2.24. The summed E-state index contributed by atoms with van der Waals surface area (Å²) in [6.07, 6.45) is -0.983. The Morgan fingerprint density at radius 3 is 2.54 bits per heavy atom. The number of rotatable bonds is 6. The number of nitrogens with one attached hydrogen (secondary N) is 1. The quantitative estimate of drug-likeness (QED) is 0.800. The Kier molecular flexibility index (Phi) is 7.02. The molecule has 0 bridgehead atoms. The molecule has 1 aliphatic heterocycles. The molecule has 1 atom stereocenters. The Morgan fingerprint density at radius 1 is 1.25 bits per heavy atom. The lowest BCUT2D eigenvalue weighted by atomic mass is 10.1. The molecule has 1 N–H and O–H groups in total.